The van der Waals surface area contributed by atoms with E-state index in [1.165, 1.54) is 0 Å². The molecule has 4 heteroatoms. The predicted octanol–water partition coefficient (Wildman–Crippen LogP) is 2.91. The number of hydrogen-bond donors (Lipinski definition) is 0. The van der Waals surface area contributed by atoms with E-state index in [4.69, 9.17) is 18.9 Å². The van der Waals surface area contributed by atoms with E-state index in [1.54, 1.807) is 7.11 Å². The fraction of sp³-hybridized carbons (Fsp3) is 0.250. The van der Waals surface area contributed by atoms with Crippen molar-refractivity contribution in [2.24, 2.45) is 0 Å². The molecule has 1 unspecified atom stereocenters. The van der Waals surface area contributed by atoms with E-state index in [1.807, 2.05) is 48.5 Å². The second kappa shape index (κ2) is 5.74. The summed E-state index contributed by atoms with van der Waals surface area (Å²) in [6.07, 6.45) is -0.105. The average molecular weight is 272 g/mol. The van der Waals surface area contributed by atoms with Crippen LogP contribution in [0.4, 0.5) is 0 Å². The summed E-state index contributed by atoms with van der Waals surface area (Å²) in [5, 5.41) is 0. The van der Waals surface area contributed by atoms with E-state index < -0.39 is 0 Å². The van der Waals surface area contributed by atoms with Crippen molar-refractivity contribution in [1.29, 1.82) is 0 Å². The van der Waals surface area contributed by atoms with E-state index >= 15 is 0 Å². The van der Waals surface area contributed by atoms with Gasteiger partial charge in [-0.25, -0.2) is 0 Å². The van der Waals surface area contributed by atoms with Crippen LogP contribution in [0.25, 0.3) is 0 Å². The lowest BCUT2D eigenvalue weighted by atomic mass is 10.2. The minimum absolute atomic E-state index is 0.105. The molecule has 1 atom stereocenters. The van der Waals surface area contributed by atoms with Crippen molar-refractivity contribution >= 4 is 0 Å². The minimum atomic E-state index is -0.105. The summed E-state index contributed by atoms with van der Waals surface area (Å²) in [4.78, 5) is 0. The normalized spacial score (nSPS) is 16.6. The Morgan fingerprint density at radius 1 is 1.00 bits per heavy atom. The Morgan fingerprint density at radius 3 is 2.45 bits per heavy atom. The highest BCUT2D eigenvalue weighted by Gasteiger charge is 2.21. The smallest absolute Gasteiger partial charge is 0.166 e. The van der Waals surface area contributed by atoms with Crippen LogP contribution in [0.3, 0.4) is 0 Å². The maximum atomic E-state index is 5.82. The number of para-hydroxylation sites is 2. The lowest BCUT2D eigenvalue weighted by molar-refractivity contribution is 0.0535. The van der Waals surface area contributed by atoms with Crippen molar-refractivity contribution in [1.82, 2.24) is 0 Å². The van der Waals surface area contributed by atoms with Crippen molar-refractivity contribution in [3.05, 3.63) is 48.5 Å². The van der Waals surface area contributed by atoms with Gasteiger partial charge in [0.05, 0.1) is 7.11 Å². The molecule has 0 bridgehead atoms. The van der Waals surface area contributed by atoms with Crippen molar-refractivity contribution in [3.63, 3.8) is 0 Å². The average Bonchev–Trinajstić information content (AvgIpc) is 2.53. The maximum absolute atomic E-state index is 5.82. The standard InChI is InChI=1S/C16H16O4/c1-17-12-6-8-13(9-7-12)18-10-14-11-19-15-4-2-3-5-16(15)20-14/h2-9,14H,10-11H2,1H3. The number of hydrogen-bond acceptors (Lipinski definition) is 4. The van der Waals surface area contributed by atoms with Gasteiger partial charge in [-0.05, 0) is 36.4 Å². The van der Waals surface area contributed by atoms with Gasteiger partial charge in [0.1, 0.15) is 24.7 Å². The zero-order valence-corrected chi connectivity index (χ0v) is 11.2. The molecule has 0 fully saturated rings. The van der Waals surface area contributed by atoms with Gasteiger partial charge in [0.2, 0.25) is 0 Å². The summed E-state index contributed by atoms with van der Waals surface area (Å²) in [5.74, 6) is 3.15. The Hall–Kier alpha value is -2.36. The predicted molar refractivity (Wildman–Crippen MR) is 74.8 cm³/mol. The molecule has 0 amide bonds. The van der Waals surface area contributed by atoms with Gasteiger partial charge in [-0.15, -0.1) is 0 Å². The highest BCUT2D eigenvalue weighted by atomic mass is 16.6. The number of rotatable bonds is 4. The van der Waals surface area contributed by atoms with Crippen LogP contribution in [0.15, 0.2) is 48.5 Å². The molecular formula is C16H16O4. The molecule has 20 heavy (non-hydrogen) atoms. The minimum Gasteiger partial charge on any atom is -0.497 e. The second-order valence-corrected chi connectivity index (χ2v) is 4.48. The van der Waals surface area contributed by atoms with Crippen LogP contribution >= 0.6 is 0 Å². The molecule has 1 aliphatic rings. The Kier molecular flexibility index (Phi) is 3.63. The van der Waals surface area contributed by atoms with E-state index in [2.05, 4.69) is 0 Å². The third kappa shape index (κ3) is 2.79. The number of fused-ring (bicyclic) bond motifs is 1. The monoisotopic (exact) mass is 272 g/mol. The highest BCUT2D eigenvalue weighted by molar-refractivity contribution is 5.40. The van der Waals surface area contributed by atoms with Crippen LogP contribution in [0.5, 0.6) is 23.0 Å². The van der Waals surface area contributed by atoms with E-state index in [0.717, 1.165) is 23.0 Å². The fourth-order valence-electron chi connectivity index (χ4n) is 2.01. The first-order valence-corrected chi connectivity index (χ1v) is 6.50. The van der Waals surface area contributed by atoms with Gasteiger partial charge < -0.3 is 18.9 Å². The lowest BCUT2D eigenvalue weighted by Crippen LogP contribution is -2.34. The molecule has 1 aliphatic heterocycles. The fourth-order valence-corrected chi connectivity index (χ4v) is 2.01. The zero-order chi connectivity index (χ0) is 13.8. The van der Waals surface area contributed by atoms with Gasteiger partial charge in [0.25, 0.3) is 0 Å². The summed E-state index contributed by atoms with van der Waals surface area (Å²) in [7, 11) is 1.64. The summed E-state index contributed by atoms with van der Waals surface area (Å²) >= 11 is 0. The van der Waals surface area contributed by atoms with Crippen molar-refractivity contribution in [2.45, 2.75) is 6.10 Å². The molecule has 3 rings (SSSR count). The van der Waals surface area contributed by atoms with Crippen LogP contribution in [0.1, 0.15) is 0 Å². The largest absolute Gasteiger partial charge is 0.497 e. The molecular weight excluding hydrogens is 256 g/mol. The Morgan fingerprint density at radius 2 is 1.70 bits per heavy atom. The molecule has 4 nitrogen and oxygen atoms in total. The third-order valence-electron chi connectivity index (χ3n) is 3.06. The quantitative estimate of drug-likeness (QED) is 0.857. The molecule has 0 N–H and O–H groups in total. The molecule has 0 spiro atoms. The van der Waals surface area contributed by atoms with Crippen molar-refractivity contribution in [2.75, 3.05) is 20.3 Å². The number of methoxy groups -OCH3 is 1. The first kappa shape index (κ1) is 12.7. The molecule has 104 valence electrons. The SMILES string of the molecule is COc1ccc(OCC2COc3ccccc3O2)cc1. The van der Waals surface area contributed by atoms with E-state index in [0.29, 0.717) is 13.2 Å². The molecule has 2 aromatic rings. The Bertz CT molecular complexity index is 565. The third-order valence-corrected chi connectivity index (χ3v) is 3.06. The number of benzene rings is 2. The summed E-state index contributed by atoms with van der Waals surface area (Å²) in [5.41, 5.74) is 0. The van der Waals surface area contributed by atoms with Crippen LogP contribution in [-0.2, 0) is 0 Å². The van der Waals surface area contributed by atoms with Crippen LogP contribution in [-0.4, -0.2) is 26.4 Å². The van der Waals surface area contributed by atoms with Crippen molar-refractivity contribution in [3.8, 4) is 23.0 Å². The first-order chi connectivity index (χ1) is 9.85. The molecule has 1 heterocycles. The summed E-state index contributed by atoms with van der Waals surface area (Å²) in [6.45, 7) is 0.938. The van der Waals surface area contributed by atoms with Crippen LogP contribution < -0.4 is 18.9 Å². The zero-order valence-electron chi connectivity index (χ0n) is 11.2. The van der Waals surface area contributed by atoms with Crippen LogP contribution in [0.2, 0.25) is 0 Å². The highest BCUT2D eigenvalue weighted by Crippen LogP contribution is 2.31. The topological polar surface area (TPSA) is 36.9 Å². The van der Waals surface area contributed by atoms with E-state index in [-0.39, 0.29) is 6.10 Å². The second-order valence-electron chi connectivity index (χ2n) is 4.48. The molecule has 0 aromatic heterocycles. The van der Waals surface area contributed by atoms with Crippen LogP contribution in [0, 0.1) is 0 Å². The van der Waals surface area contributed by atoms with Gasteiger partial charge in [0.15, 0.2) is 17.6 Å². The summed E-state index contributed by atoms with van der Waals surface area (Å²) in [6, 6.07) is 15.1. The van der Waals surface area contributed by atoms with Crippen molar-refractivity contribution < 1.29 is 18.9 Å². The molecule has 0 radical (unpaired) electrons. The summed E-state index contributed by atoms with van der Waals surface area (Å²) < 4.78 is 22.3. The molecule has 0 saturated carbocycles. The lowest BCUT2D eigenvalue weighted by Gasteiger charge is -2.26. The maximum Gasteiger partial charge on any atom is 0.166 e. The molecule has 0 saturated heterocycles. The van der Waals surface area contributed by atoms with Gasteiger partial charge in [-0.2, -0.15) is 0 Å². The Balaban J connectivity index is 1.57. The van der Waals surface area contributed by atoms with Gasteiger partial charge in [-0.3, -0.25) is 0 Å². The Labute approximate surface area is 117 Å². The van der Waals surface area contributed by atoms with Gasteiger partial charge in [0, 0.05) is 0 Å². The van der Waals surface area contributed by atoms with E-state index in [9.17, 15) is 0 Å². The van der Waals surface area contributed by atoms with Gasteiger partial charge in [-0.1, -0.05) is 12.1 Å². The number of ether oxygens (including phenoxy) is 4. The first-order valence-electron chi connectivity index (χ1n) is 6.50. The molecule has 0 aliphatic carbocycles. The van der Waals surface area contributed by atoms with Gasteiger partial charge >= 0.3 is 0 Å². The molecule has 2 aromatic carbocycles.